The molecule has 2 N–H and O–H groups in total. The fourth-order valence-electron chi connectivity index (χ4n) is 2.12. The molecule has 0 aromatic heterocycles. The van der Waals surface area contributed by atoms with Crippen molar-refractivity contribution in [3.63, 3.8) is 0 Å². The lowest BCUT2D eigenvalue weighted by Gasteiger charge is -2.10. The quantitative estimate of drug-likeness (QED) is 0.857. The molecule has 1 fully saturated rings. The number of rotatable bonds is 4. The highest BCUT2D eigenvalue weighted by Gasteiger charge is 2.15. The predicted octanol–water partition coefficient (Wildman–Crippen LogP) is 3.25. The summed E-state index contributed by atoms with van der Waals surface area (Å²) < 4.78 is 0.732. The summed E-state index contributed by atoms with van der Waals surface area (Å²) in [5.41, 5.74) is 0.629. The zero-order valence-corrected chi connectivity index (χ0v) is 13.6. The zero-order valence-electron chi connectivity index (χ0n) is 10.4. The van der Waals surface area contributed by atoms with Gasteiger partial charge in [0.05, 0.1) is 5.56 Å². The van der Waals surface area contributed by atoms with Crippen LogP contribution in [0, 0.1) is 5.92 Å². The number of hydrogen-bond acceptors (Lipinski definition) is 2. The van der Waals surface area contributed by atoms with E-state index in [1.807, 2.05) is 0 Å². The van der Waals surface area contributed by atoms with Crippen LogP contribution in [0.1, 0.15) is 23.2 Å². The molecule has 2 rings (SSSR count). The second kappa shape index (κ2) is 8.10. The standard InChI is InChI=1S/C13H16BrClN2O.ClH/c14-12-7-10(15)1-2-11(12)13(18)17-6-4-9-3-5-16-8-9;/h1-2,7,9,16H,3-6,8H2,(H,17,18);1H. The summed E-state index contributed by atoms with van der Waals surface area (Å²) in [5.74, 6) is 0.642. The van der Waals surface area contributed by atoms with Crippen molar-refractivity contribution in [1.29, 1.82) is 0 Å². The normalized spacial score (nSPS) is 17.9. The molecule has 6 heteroatoms. The fraction of sp³-hybridized carbons (Fsp3) is 0.462. The molecule has 1 aromatic carbocycles. The van der Waals surface area contributed by atoms with Crippen molar-refractivity contribution in [2.75, 3.05) is 19.6 Å². The maximum atomic E-state index is 12.0. The van der Waals surface area contributed by atoms with Crippen molar-refractivity contribution in [3.05, 3.63) is 33.3 Å². The topological polar surface area (TPSA) is 41.1 Å². The highest BCUT2D eigenvalue weighted by atomic mass is 79.9. The molecular weight excluding hydrogens is 351 g/mol. The van der Waals surface area contributed by atoms with Gasteiger partial charge in [-0.3, -0.25) is 4.79 Å². The molecule has 1 unspecified atom stereocenters. The van der Waals surface area contributed by atoms with Gasteiger partial charge in [0.25, 0.3) is 5.91 Å². The molecule has 0 bridgehead atoms. The average Bonchev–Trinajstić information content (AvgIpc) is 2.81. The van der Waals surface area contributed by atoms with E-state index in [-0.39, 0.29) is 18.3 Å². The summed E-state index contributed by atoms with van der Waals surface area (Å²) >= 11 is 9.19. The Bertz CT molecular complexity index is 437. The molecule has 1 atom stereocenters. The third-order valence-electron chi connectivity index (χ3n) is 3.18. The first-order valence-corrected chi connectivity index (χ1v) is 7.28. The molecule has 1 aliphatic rings. The van der Waals surface area contributed by atoms with Crippen molar-refractivity contribution >= 4 is 45.8 Å². The molecule has 1 amide bonds. The van der Waals surface area contributed by atoms with Crippen LogP contribution >= 0.6 is 39.9 Å². The molecule has 1 heterocycles. The van der Waals surface area contributed by atoms with E-state index in [9.17, 15) is 4.79 Å². The number of nitrogens with one attached hydrogen (secondary N) is 2. The van der Waals surface area contributed by atoms with Crippen LogP contribution in [0.15, 0.2) is 22.7 Å². The van der Waals surface area contributed by atoms with Crippen LogP contribution < -0.4 is 10.6 Å². The second-order valence-electron chi connectivity index (χ2n) is 4.53. The van der Waals surface area contributed by atoms with E-state index < -0.39 is 0 Å². The molecular formula is C13H17BrCl2N2O. The van der Waals surface area contributed by atoms with Crippen LogP contribution in [0.25, 0.3) is 0 Å². The van der Waals surface area contributed by atoms with Gasteiger partial charge in [-0.15, -0.1) is 12.4 Å². The molecule has 0 saturated carbocycles. The van der Waals surface area contributed by atoms with Gasteiger partial charge in [-0.25, -0.2) is 0 Å². The lowest BCUT2D eigenvalue weighted by Crippen LogP contribution is -2.26. The molecule has 106 valence electrons. The SMILES string of the molecule is Cl.O=C(NCCC1CCNC1)c1ccc(Cl)cc1Br. The molecule has 0 spiro atoms. The molecule has 1 aliphatic heterocycles. The van der Waals surface area contributed by atoms with Gasteiger partial charge in [0.15, 0.2) is 0 Å². The van der Waals surface area contributed by atoms with Crippen LogP contribution in [0.4, 0.5) is 0 Å². The van der Waals surface area contributed by atoms with Crippen molar-refractivity contribution in [2.24, 2.45) is 5.92 Å². The number of carbonyl (C=O) groups excluding carboxylic acids is 1. The molecule has 1 saturated heterocycles. The van der Waals surface area contributed by atoms with Gasteiger partial charge in [-0.05, 0) is 66.0 Å². The van der Waals surface area contributed by atoms with Crippen molar-refractivity contribution in [2.45, 2.75) is 12.8 Å². The summed E-state index contributed by atoms with van der Waals surface area (Å²) in [6, 6.07) is 5.19. The molecule has 1 aromatic rings. The van der Waals surface area contributed by atoms with Crippen molar-refractivity contribution < 1.29 is 4.79 Å². The minimum Gasteiger partial charge on any atom is -0.352 e. The molecule has 0 aliphatic carbocycles. The lowest BCUT2D eigenvalue weighted by molar-refractivity contribution is 0.0951. The first-order valence-electron chi connectivity index (χ1n) is 6.11. The van der Waals surface area contributed by atoms with Crippen molar-refractivity contribution in [3.8, 4) is 0 Å². The summed E-state index contributed by atoms with van der Waals surface area (Å²) in [6.45, 7) is 2.89. The summed E-state index contributed by atoms with van der Waals surface area (Å²) in [6.07, 6.45) is 2.24. The Hall–Kier alpha value is -0.290. The van der Waals surface area contributed by atoms with E-state index >= 15 is 0 Å². The maximum Gasteiger partial charge on any atom is 0.252 e. The van der Waals surface area contributed by atoms with Gasteiger partial charge >= 0.3 is 0 Å². The van der Waals surface area contributed by atoms with Gasteiger partial charge in [-0.1, -0.05) is 11.6 Å². The highest BCUT2D eigenvalue weighted by Crippen LogP contribution is 2.21. The third kappa shape index (κ3) is 4.95. The summed E-state index contributed by atoms with van der Waals surface area (Å²) in [7, 11) is 0. The van der Waals surface area contributed by atoms with Gasteiger partial charge < -0.3 is 10.6 Å². The van der Waals surface area contributed by atoms with E-state index in [4.69, 9.17) is 11.6 Å². The number of benzene rings is 1. The highest BCUT2D eigenvalue weighted by molar-refractivity contribution is 9.10. The maximum absolute atomic E-state index is 12.0. The minimum atomic E-state index is -0.0514. The molecule has 0 radical (unpaired) electrons. The Balaban J connectivity index is 0.00000180. The van der Waals surface area contributed by atoms with Crippen LogP contribution in [0.5, 0.6) is 0 Å². The first kappa shape index (κ1) is 16.8. The molecule has 19 heavy (non-hydrogen) atoms. The average molecular weight is 368 g/mol. The Morgan fingerprint density at radius 1 is 1.53 bits per heavy atom. The largest absolute Gasteiger partial charge is 0.352 e. The summed E-state index contributed by atoms with van der Waals surface area (Å²) in [4.78, 5) is 12.0. The van der Waals surface area contributed by atoms with E-state index in [2.05, 4.69) is 26.6 Å². The minimum absolute atomic E-state index is 0. The smallest absolute Gasteiger partial charge is 0.252 e. The van der Waals surface area contributed by atoms with Gasteiger partial charge in [0, 0.05) is 16.0 Å². The fourth-order valence-corrected chi connectivity index (χ4v) is 2.98. The predicted molar refractivity (Wildman–Crippen MR) is 84.3 cm³/mol. The third-order valence-corrected chi connectivity index (χ3v) is 4.07. The van der Waals surface area contributed by atoms with Crippen LogP contribution in [-0.4, -0.2) is 25.5 Å². The van der Waals surface area contributed by atoms with Crippen molar-refractivity contribution in [1.82, 2.24) is 10.6 Å². The number of halogens is 3. The Kier molecular flexibility index (Phi) is 7.15. The first-order chi connectivity index (χ1) is 8.66. The van der Waals surface area contributed by atoms with E-state index in [0.717, 1.165) is 30.5 Å². The Morgan fingerprint density at radius 3 is 2.95 bits per heavy atom. The van der Waals surface area contributed by atoms with Gasteiger partial charge in [0.1, 0.15) is 0 Å². The second-order valence-corrected chi connectivity index (χ2v) is 5.82. The van der Waals surface area contributed by atoms with Crippen LogP contribution in [0.3, 0.4) is 0 Å². The number of amides is 1. The number of hydrogen-bond donors (Lipinski definition) is 2. The van der Waals surface area contributed by atoms with E-state index in [1.165, 1.54) is 6.42 Å². The van der Waals surface area contributed by atoms with Gasteiger partial charge in [0.2, 0.25) is 0 Å². The van der Waals surface area contributed by atoms with E-state index in [1.54, 1.807) is 18.2 Å². The van der Waals surface area contributed by atoms with E-state index in [0.29, 0.717) is 16.5 Å². The molecule has 3 nitrogen and oxygen atoms in total. The zero-order chi connectivity index (χ0) is 13.0. The van der Waals surface area contributed by atoms with Crippen LogP contribution in [-0.2, 0) is 0 Å². The number of carbonyl (C=O) groups is 1. The van der Waals surface area contributed by atoms with Gasteiger partial charge in [-0.2, -0.15) is 0 Å². The lowest BCUT2D eigenvalue weighted by atomic mass is 10.1. The summed E-state index contributed by atoms with van der Waals surface area (Å²) in [5, 5.41) is 6.89. The Morgan fingerprint density at radius 2 is 2.32 bits per heavy atom. The Labute approximate surface area is 133 Å². The monoisotopic (exact) mass is 366 g/mol. The van der Waals surface area contributed by atoms with Crippen LogP contribution in [0.2, 0.25) is 5.02 Å².